The Labute approximate surface area is 237 Å². The van der Waals surface area contributed by atoms with Gasteiger partial charge in [0.2, 0.25) is 0 Å². The van der Waals surface area contributed by atoms with Gasteiger partial charge in [-0.2, -0.15) is 0 Å². The number of urea groups is 1. The number of likely N-dealkylation sites (tertiary alicyclic amines) is 2. The summed E-state index contributed by atoms with van der Waals surface area (Å²) in [5.41, 5.74) is 3.65. The van der Waals surface area contributed by atoms with Gasteiger partial charge in [0.25, 0.3) is 0 Å². The van der Waals surface area contributed by atoms with Crippen molar-refractivity contribution in [2.24, 2.45) is 5.92 Å². The van der Waals surface area contributed by atoms with Crippen molar-refractivity contribution in [1.82, 2.24) is 15.1 Å². The largest absolute Gasteiger partial charge is 0.390 e. The summed E-state index contributed by atoms with van der Waals surface area (Å²) in [7, 11) is 0. The molecular weight excluding hydrogens is 500 g/mol. The van der Waals surface area contributed by atoms with E-state index >= 15 is 0 Å². The van der Waals surface area contributed by atoms with Crippen molar-refractivity contribution in [2.45, 2.75) is 37.8 Å². The van der Waals surface area contributed by atoms with Crippen molar-refractivity contribution in [1.29, 1.82) is 0 Å². The van der Waals surface area contributed by atoms with Gasteiger partial charge in [-0.15, -0.1) is 0 Å². The van der Waals surface area contributed by atoms with E-state index in [9.17, 15) is 14.7 Å². The average Bonchev–Trinajstić information content (AvgIpc) is 2.99. The second kappa shape index (κ2) is 13.7. The Kier molecular flexibility index (Phi) is 9.60. The topological polar surface area (TPSA) is 84.9 Å². The van der Waals surface area contributed by atoms with Crippen LogP contribution in [0, 0.1) is 5.92 Å². The van der Waals surface area contributed by atoms with Gasteiger partial charge in [-0.1, -0.05) is 78.9 Å². The van der Waals surface area contributed by atoms with Crippen LogP contribution in [0.5, 0.6) is 0 Å². The molecule has 7 nitrogen and oxygen atoms in total. The molecule has 3 N–H and O–H groups in total. The fourth-order valence-electron chi connectivity index (χ4n) is 5.93. The normalized spacial score (nSPS) is 18.2. The zero-order valence-corrected chi connectivity index (χ0v) is 23.0. The van der Waals surface area contributed by atoms with Crippen molar-refractivity contribution >= 4 is 17.5 Å². The molecule has 40 heavy (non-hydrogen) atoms. The molecule has 2 aliphatic rings. The number of piperidine rings is 2. The molecule has 0 radical (unpaired) electrons. The van der Waals surface area contributed by atoms with Gasteiger partial charge in [0.15, 0.2) is 5.78 Å². The second-order valence-electron chi connectivity index (χ2n) is 11.0. The number of aliphatic hydroxyl groups excluding tert-OH is 1. The first-order valence-corrected chi connectivity index (χ1v) is 14.5. The molecule has 0 saturated carbocycles. The number of anilines is 1. The number of rotatable bonds is 9. The number of carbonyl (C=O) groups excluding carboxylic acids is 2. The summed E-state index contributed by atoms with van der Waals surface area (Å²) in [5, 5.41) is 16.9. The quantitative estimate of drug-likeness (QED) is 0.337. The number of Topliss-reactive ketones (excluding diaryl/α,β-unsaturated/α-hetero) is 1. The Morgan fingerprint density at radius 2 is 1.30 bits per heavy atom. The lowest BCUT2D eigenvalue weighted by Gasteiger charge is -2.36. The first-order chi connectivity index (χ1) is 19.5. The summed E-state index contributed by atoms with van der Waals surface area (Å²) in [4.78, 5) is 30.1. The lowest BCUT2D eigenvalue weighted by Crippen LogP contribution is -2.49. The maximum absolute atomic E-state index is 12.8. The first-order valence-electron chi connectivity index (χ1n) is 14.5. The van der Waals surface area contributed by atoms with Gasteiger partial charge in [-0.3, -0.25) is 4.79 Å². The van der Waals surface area contributed by atoms with Gasteiger partial charge in [-0.05, 0) is 50.4 Å². The van der Waals surface area contributed by atoms with Crippen LogP contribution < -0.4 is 10.6 Å². The highest BCUT2D eigenvalue weighted by atomic mass is 16.3. The Morgan fingerprint density at radius 1 is 0.750 bits per heavy atom. The highest BCUT2D eigenvalue weighted by Gasteiger charge is 2.28. The predicted molar refractivity (Wildman–Crippen MR) is 159 cm³/mol. The van der Waals surface area contributed by atoms with Crippen LogP contribution in [0.15, 0.2) is 84.9 Å². The van der Waals surface area contributed by atoms with E-state index in [1.807, 2.05) is 84.9 Å². The summed E-state index contributed by atoms with van der Waals surface area (Å²) < 4.78 is 0. The predicted octanol–water partition coefficient (Wildman–Crippen LogP) is 4.90. The van der Waals surface area contributed by atoms with E-state index in [0.717, 1.165) is 74.2 Å². The van der Waals surface area contributed by atoms with E-state index in [0.29, 0.717) is 13.1 Å². The zero-order chi connectivity index (χ0) is 27.7. The molecule has 2 amide bonds. The van der Waals surface area contributed by atoms with Gasteiger partial charge >= 0.3 is 6.03 Å². The van der Waals surface area contributed by atoms with Gasteiger partial charge in [0, 0.05) is 49.3 Å². The maximum Gasteiger partial charge on any atom is 0.319 e. The minimum atomic E-state index is -0.427. The van der Waals surface area contributed by atoms with Crippen LogP contribution in [0.1, 0.15) is 36.0 Å². The van der Waals surface area contributed by atoms with Crippen molar-refractivity contribution in [2.75, 3.05) is 44.6 Å². The van der Waals surface area contributed by atoms with E-state index < -0.39 is 6.10 Å². The molecule has 0 spiro atoms. The van der Waals surface area contributed by atoms with Crippen LogP contribution >= 0.6 is 0 Å². The van der Waals surface area contributed by atoms with Crippen molar-refractivity contribution in [3.8, 4) is 11.1 Å². The molecule has 2 heterocycles. The third-order valence-corrected chi connectivity index (χ3v) is 8.14. The molecule has 1 unspecified atom stereocenters. The number of β-amino-alcohol motifs (C(OH)–C–C–N with tert-alkyl or cyclic N) is 1. The smallest absolute Gasteiger partial charge is 0.319 e. The molecule has 5 rings (SSSR count). The minimum Gasteiger partial charge on any atom is -0.390 e. The number of para-hydroxylation sites is 1. The molecule has 7 heteroatoms. The number of hydrogen-bond acceptors (Lipinski definition) is 5. The minimum absolute atomic E-state index is 0.0753. The van der Waals surface area contributed by atoms with Gasteiger partial charge in [-0.25, -0.2) is 4.79 Å². The maximum atomic E-state index is 12.8. The molecule has 2 fully saturated rings. The summed E-state index contributed by atoms with van der Waals surface area (Å²) in [6, 6.07) is 27.4. The van der Waals surface area contributed by atoms with Crippen LogP contribution in [0.3, 0.4) is 0 Å². The molecule has 3 aromatic carbocycles. The van der Waals surface area contributed by atoms with Crippen LogP contribution in [-0.2, 0) is 0 Å². The number of carbonyl (C=O) groups is 2. The van der Waals surface area contributed by atoms with Crippen LogP contribution in [-0.4, -0.2) is 78.1 Å². The number of nitrogens with one attached hydrogen (secondary N) is 2. The van der Waals surface area contributed by atoms with E-state index in [4.69, 9.17) is 0 Å². The zero-order valence-electron chi connectivity index (χ0n) is 23.0. The van der Waals surface area contributed by atoms with E-state index in [1.165, 1.54) is 0 Å². The fourth-order valence-corrected chi connectivity index (χ4v) is 5.93. The number of amides is 2. The van der Waals surface area contributed by atoms with Crippen LogP contribution in [0.4, 0.5) is 10.5 Å². The molecule has 210 valence electrons. The third-order valence-electron chi connectivity index (χ3n) is 8.14. The monoisotopic (exact) mass is 540 g/mol. The van der Waals surface area contributed by atoms with Crippen molar-refractivity contribution in [3.05, 3.63) is 90.5 Å². The second-order valence-corrected chi connectivity index (χ2v) is 11.0. The van der Waals surface area contributed by atoms with Gasteiger partial charge in [0.1, 0.15) is 0 Å². The highest BCUT2D eigenvalue weighted by Crippen LogP contribution is 2.27. The Hall–Kier alpha value is -3.52. The summed E-state index contributed by atoms with van der Waals surface area (Å²) in [6.45, 7) is 4.63. The van der Waals surface area contributed by atoms with E-state index in [1.54, 1.807) is 0 Å². The highest BCUT2D eigenvalue weighted by molar-refractivity contribution is 5.98. The lowest BCUT2D eigenvalue weighted by molar-refractivity contribution is 0.0502. The number of benzene rings is 3. The van der Waals surface area contributed by atoms with E-state index in [2.05, 4.69) is 20.4 Å². The number of nitrogens with zero attached hydrogens (tertiary/aromatic N) is 2. The standard InChI is InChI=1S/C33H40N4O3/c38-29(23-36-19-15-27(16-20-36)32(39)26-11-5-2-6-12-26)24-37-21-17-28(18-22-37)34-33(40)35-31-14-8-7-13-30(31)25-9-3-1-4-10-25/h1-14,27-29,38H,15-24H2,(H2,34,35,40). The lowest BCUT2D eigenvalue weighted by atomic mass is 9.89. The molecule has 2 aliphatic heterocycles. The summed E-state index contributed by atoms with van der Waals surface area (Å²) in [5.74, 6) is 0.317. The van der Waals surface area contributed by atoms with Gasteiger partial charge < -0.3 is 25.5 Å². The number of hydrogen-bond donors (Lipinski definition) is 3. The van der Waals surface area contributed by atoms with Crippen molar-refractivity contribution < 1.29 is 14.7 Å². The van der Waals surface area contributed by atoms with Crippen LogP contribution in [0.25, 0.3) is 11.1 Å². The van der Waals surface area contributed by atoms with Gasteiger partial charge in [0.05, 0.1) is 11.8 Å². The fraction of sp³-hybridized carbons (Fsp3) is 0.394. The number of aliphatic hydroxyl groups is 1. The number of ketones is 1. The average molecular weight is 541 g/mol. The van der Waals surface area contributed by atoms with E-state index in [-0.39, 0.29) is 23.8 Å². The molecule has 0 bridgehead atoms. The SMILES string of the molecule is O=C(Nc1ccccc1-c1ccccc1)NC1CCN(CC(O)CN2CCC(C(=O)c3ccccc3)CC2)CC1. The molecule has 0 aromatic heterocycles. The summed E-state index contributed by atoms with van der Waals surface area (Å²) in [6.07, 6.45) is 2.97. The molecular formula is C33H40N4O3. The first kappa shape index (κ1) is 28.0. The Morgan fingerprint density at radius 3 is 1.95 bits per heavy atom. The summed E-state index contributed by atoms with van der Waals surface area (Å²) >= 11 is 0. The Bertz CT molecular complexity index is 1240. The van der Waals surface area contributed by atoms with Crippen LogP contribution in [0.2, 0.25) is 0 Å². The molecule has 2 saturated heterocycles. The molecule has 0 aliphatic carbocycles. The third kappa shape index (κ3) is 7.56. The van der Waals surface area contributed by atoms with Crippen molar-refractivity contribution in [3.63, 3.8) is 0 Å². The molecule has 3 aromatic rings. The Balaban J connectivity index is 1.01. The molecule has 1 atom stereocenters.